The molecule has 0 aliphatic carbocycles. The molecule has 1 atom stereocenters. The summed E-state index contributed by atoms with van der Waals surface area (Å²) >= 11 is 0. The molecule has 150 valence electrons. The van der Waals surface area contributed by atoms with E-state index in [0.717, 1.165) is 20.9 Å². The van der Waals surface area contributed by atoms with Gasteiger partial charge in [0.05, 0.1) is 33.9 Å². The number of nitrogens with zero attached hydrogens (tertiary/aromatic N) is 3. The molecule has 0 bridgehead atoms. The minimum absolute atomic E-state index is 0.208. The fraction of sp³-hybridized carbons (Fsp3) is 0.190. The maximum Gasteiger partial charge on any atom is 0.244 e. The Labute approximate surface area is 170 Å². The third kappa shape index (κ3) is 4.85. The lowest BCUT2D eigenvalue weighted by Gasteiger charge is -2.15. The lowest BCUT2D eigenvalue weighted by atomic mass is 10.1. The summed E-state index contributed by atoms with van der Waals surface area (Å²) in [5.41, 5.74) is 2.94. The van der Waals surface area contributed by atoms with Gasteiger partial charge in [0.2, 0.25) is 15.9 Å². The third-order valence-electron chi connectivity index (χ3n) is 4.39. The van der Waals surface area contributed by atoms with Crippen LogP contribution in [-0.4, -0.2) is 42.7 Å². The molecule has 0 aliphatic heterocycles. The summed E-state index contributed by atoms with van der Waals surface area (Å²) in [6.45, 7) is 1.83. The molecule has 1 aromatic heterocycles. The van der Waals surface area contributed by atoms with Crippen molar-refractivity contribution in [2.75, 3.05) is 14.1 Å². The second-order valence-corrected chi connectivity index (χ2v) is 8.86. The van der Waals surface area contributed by atoms with Gasteiger partial charge in [-0.25, -0.2) is 17.7 Å². The van der Waals surface area contributed by atoms with E-state index in [9.17, 15) is 13.2 Å². The molecule has 1 N–H and O–H groups in total. The van der Waals surface area contributed by atoms with Gasteiger partial charge in [0.1, 0.15) is 0 Å². The number of nitrogens with one attached hydrogen (secondary N) is 1. The predicted octanol–water partition coefficient (Wildman–Crippen LogP) is 2.77. The van der Waals surface area contributed by atoms with Crippen LogP contribution in [-0.2, 0) is 14.8 Å². The highest BCUT2D eigenvalue weighted by Crippen LogP contribution is 2.18. The molecule has 0 saturated carbocycles. The summed E-state index contributed by atoms with van der Waals surface area (Å²) in [4.78, 5) is 21.2. The van der Waals surface area contributed by atoms with Crippen molar-refractivity contribution in [2.45, 2.75) is 17.9 Å². The standard InChI is InChI=1S/C21H22N4O3S/c1-15(16-8-11-18(12-9-16)29(27,28)25(2)3)23-21(26)13-10-17-14-22-19-6-4-5-7-20(19)24-17/h4-15H,1-3H3,(H,23,26). The highest BCUT2D eigenvalue weighted by molar-refractivity contribution is 7.89. The molecule has 1 amide bonds. The monoisotopic (exact) mass is 410 g/mol. The van der Waals surface area contributed by atoms with Crippen molar-refractivity contribution in [1.29, 1.82) is 0 Å². The van der Waals surface area contributed by atoms with E-state index in [1.165, 1.54) is 32.3 Å². The summed E-state index contributed by atoms with van der Waals surface area (Å²) < 4.78 is 25.4. The zero-order valence-corrected chi connectivity index (χ0v) is 17.2. The van der Waals surface area contributed by atoms with Crippen LogP contribution in [0.15, 0.2) is 65.7 Å². The summed E-state index contributed by atoms with van der Waals surface area (Å²) in [5, 5.41) is 2.85. The van der Waals surface area contributed by atoms with Crippen molar-refractivity contribution in [2.24, 2.45) is 0 Å². The predicted molar refractivity (Wildman–Crippen MR) is 112 cm³/mol. The van der Waals surface area contributed by atoms with E-state index >= 15 is 0 Å². The second-order valence-electron chi connectivity index (χ2n) is 6.70. The molecule has 1 heterocycles. The van der Waals surface area contributed by atoms with Gasteiger partial charge < -0.3 is 5.32 Å². The van der Waals surface area contributed by atoms with Gasteiger partial charge >= 0.3 is 0 Å². The van der Waals surface area contributed by atoms with E-state index in [-0.39, 0.29) is 16.8 Å². The molecule has 1 unspecified atom stereocenters. The molecule has 3 rings (SSSR count). The lowest BCUT2D eigenvalue weighted by molar-refractivity contribution is -0.117. The lowest BCUT2D eigenvalue weighted by Crippen LogP contribution is -2.25. The van der Waals surface area contributed by atoms with E-state index in [2.05, 4.69) is 15.3 Å². The number of hydrogen-bond donors (Lipinski definition) is 1. The largest absolute Gasteiger partial charge is 0.346 e. The molecule has 0 radical (unpaired) electrons. The Bertz CT molecular complexity index is 1160. The van der Waals surface area contributed by atoms with Gasteiger partial charge in [0.25, 0.3) is 0 Å². The SMILES string of the molecule is CC(NC(=O)C=Cc1cnc2ccccc2n1)c1ccc(S(=O)(=O)N(C)C)cc1. The van der Waals surface area contributed by atoms with Crippen LogP contribution in [0.1, 0.15) is 24.2 Å². The highest BCUT2D eigenvalue weighted by Gasteiger charge is 2.17. The number of sulfonamides is 1. The number of aromatic nitrogens is 2. The van der Waals surface area contributed by atoms with Crippen LogP contribution in [0.2, 0.25) is 0 Å². The Morgan fingerprint density at radius 2 is 1.72 bits per heavy atom. The van der Waals surface area contributed by atoms with Gasteiger partial charge in [-0.3, -0.25) is 9.78 Å². The van der Waals surface area contributed by atoms with E-state index in [0.29, 0.717) is 5.69 Å². The molecule has 2 aromatic carbocycles. The zero-order chi connectivity index (χ0) is 21.0. The summed E-state index contributed by atoms with van der Waals surface area (Å²) in [7, 11) is -0.506. The average molecular weight is 410 g/mol. The van der Waals surface area contributed by atoms with Crippen molar-refractivity contribution < 1.29 is 13.2 Å². The molecule has 3 aromatic rings. The number of carbonyl (C=O) groups is 1. The van der Waals surface area contributed by atoms with Gasteiger partial charge in [-0.2, -0.15) is 0 Å². The highest BCUT2D eigenvalue weighted by atomic mass is 32.2. The molecule has 0 spiro atoms. The van der Waals surface area contributed by atoms with Gasteiger partial charge in [-0.05, 0) is 42.8 Å². The Hall–Kier alpha value is -3.10. The minimum atomic E-state index is -3.48. The number of para-hydroxylation sites is 2. The average Bonchev–Trinajstić information content (AvgIpc) is 2.72. The van der Waals surface area contributed by atoms with Gasteiger partial charge in [0, 0.05) is 20.2 Å². The number of hydrogen-bond acceptors (Lipinski definition) is 5. The first-order valence-electron chi connectivity index (χ1n) is 9.00. The third-order valence-corrected chi connectivity index (χ3v) is 6.22. The van der Waals surface area contributed by atoms with Crippen LogP contribution >= 0.6 is 0 Å². The maximum absolute atomic E-state index is 12.2. The maximum atomic E-state index is 12.2. The quantitative estimate of drug-likeness (QED) is 0.631. The number of rotatable bonds is 6. The van der Waals surface area contributed by atoms with Crippen molar-refractivity contribution in [3.63, 3.8) is 0 Å². The van der Waals surface area contributed by atoms with E-state index in [4.69, 9.17) is 0 Å². The van der Waals surface area contributed by atoms with Crippen LogP contribution in [0.5, 0.6) is 0 Å². The topological polar surface area (TPSA) is 92.3 Å². The summed E-state index contributed by atoms with van der Waals surface area (Å²) in [6.07, 6.45) is 4.62. The summed E-state index contributed by atoms with van der Waals surface area (Å²) in [6, 6.07) is 13.7. The van der Waals surface area contributed by atoms with Crippen LogP contribution in [0.3, 0.4) is 0 Å². The van der Waals surface area contributed by atoms with Crippen LogP contribution in [0.25, 0.3) is 17.1 Å². The first kappa shape index (κ1) is 20.6. The Morgan fingerprint density at radius 1 is 1.07 bits per heavy atom. The van der Waals surface area contributed by atoms with Gasteiger partial charge in [-0.1, -0.05) is 24.3 Å². The minimum Gasteiger partial charge on any atom is -0.346 e. The van der Waals surface area contributed by atoms with Crippen LogP contribution in [0.4, 0.5) is 0 Å². The fourth-order valence-electron chi connectivity index (χ4n) is 2.70. The Balaban J connectivity index is 1.66. The molecule has 0 fully saturated rings. The van der Waals surface area contributed by atoms with Crippen LogP contribution in [0, 0.1) is 0 Å². The molecule has 7 nitrogen and oxygen atoms in total. The molecule has 29 heavy (non-hydrogen) atoms. The number of benzene rings is 2. The summed E-state index contributed by atoms with van der Waals surface area (Å²) in [5.74, 6) is -0.280. The normalized spacial score (nSPS) is 13.1. The first-order chi connectivity index (χ1) is 13.8. The van der Waals surface area contributed by atoms with Crippen molar-refractivity contribution in [1.82, 2.24) is 19.6 Å². The molecule has 0 saturated heterocycles. The molecular weight excluding hydrogens is 388 g/mol. The number of fused-ring (bicyclic) bond motifs is 1. The Morgan fingerprint density at radius 3 is 2.38 bits per heavy atom. The smallest absolute Gasteiger partial charge is 0.244 e. The fourth-order valence-corrected chi connectivity index (χ4v) is 3.60. The molecule has 0 aliphatic rings. The van der Waals surface area contributed by atoms with E-state index in [1.807, 2.05) is 31.2 Å². The van der Waals surface area contributed by atoms with Crippen molar-refractivity contribution in [3.8, 4) is 0 Å². The van der Waals surface area contributed by atoms with Gasteiger partial charge in [-0.15, -0.1) is 0 Å². The Kier molecular flexibility index (Phi) is 6.05. The van der Waals surface area contributed by atoms with Crippen molar-refractivity contribution >= 4 is 33.0 Å². The van der Waals surface area contributed by atoms with Crippen LogP contribution < -0.4 is 5.32 Å². The molecular formula is C21H22N4O3S. The van der Waals surface area contributed by atoms with Gasteiger partial charge in [0.15, 0.2) is 0 Å². The molecule has 8 heteroatoms. The van der Waals surface area contributed by atoms with Crippen molar-refractivity contribution in [3.05, 3.63) is 72.1 Å². The number of amides is 1. The van der Waals surface area contributed by atoms with E-state index < -0.39 is 10.0 Å². The first-order valence-corrected chi connectivity index (χ1v) is 10.4. The second kappa shape index (κ2) is 8.50. The van der Waals surface area contributed by atoms with E-state index in [1.54, 1.807) is 24.4 Å². The number of carbonyl (C=O) groups excluding carboxylic acids is 1. The zero-order valence-electron chi connectivity index (χ0n) is 16.4.